The highest BCUT2D eigenvalue weighted by molar-refractivity contribution is 9.10. The van der Waals surface area contributed by atoms with E-state index in [1.807, 2.05) is 70.1 Å². The summed E-state index contributed by atoms with van der Waals surface area (Å²) in [7, 11) is 5.54. The Morgan fingerprint density at radius 3 is 2.37 bits per heavy atom. The lowest BCUT2D eigenvalue weighted by Crippen LogP contribution is -2.59. The van der Waals surface area contributed by atoms with Gasteiger partial charge in [-0.2, -0.15) is 0 Å². The number of carbonyl (C=O) groups is 2. The van der Waals surface area contributed by atoms with Crippen LogP contribution in [0, 0.1) is 11.8 Å². The Morgan fingerprint density at radius 1 is 1.12 bits per heavy atom. The number of aliphatic hydroxyl groups excluding tert-OH is 1. The molecule has 2 N–H and O–H groups in total. The number of nitrogens with one attached hydrogen (secondary N) is 1. The van der Waals surface area contributed by atoms with E-state index < -0.39 is 47.7 Å². The summed E-state index contributed by atoms with van der Waals surface area (Å²) in [5, 5.41) is 13.7. The number of carbonyl (C=O) groups excluding carboxylic acids is 2. The number of ether oxygens (including phenoxy) is 6. The van der Waals surface area contributed by atoms with Crippen molar-refractivity contribution < 1.29 is 43.1 Å². The highest BCUT2D eigenvalue weighted by Gasteiger charge is 2.50. The van der Waals surface area contributed by atoms with Gasteiger partial charge >= 0.3 is 11.9 Å². The van der Waals surface area contributed by atoms with E-state index >= 15 is 0 Å². The summed E-state index contributed by atoms with van der Waals surface area (Å²) in [6.07, 6.45) is -1.64. The van der Waals surface area contributed by atoms with Crippen LogP contribution in [0.5, 0.6) is 0 Å². The topological polar surface area (TPSA) is 125 Å². The Kier molecular flexibility index (Phi) is 14.5. The maximum absolute atomic E-state index is 13.5. The van der Waals surface area contributed by atoms with Crippen molar-refractivity contribution in [2.75, 3.05) is 34.4 Å². The maximum Gasteiger partial charge on any atom is 0.340 e. The van der Waals surface area contributed by atoms with Gasteiger partial charge in [-0.1, -0.05) is 60.1 Å². The average molecular weight is 790 g/mol. The van der Waals surface area contributed by atoms with E-state index in [-0.39, 0.29) is 30.7 Å². The van der Waals surface area contributed by atoms with Crippen LogP contribution in [0.25, 0.3) is 0 Å². The zero-order valence-corrected chi connectivity index (χ0v) is 33.8. The molecule has 52 heavy (non-hydrogen) atoms. The lowest BCUT2D eigenvalue weighted by molar-refractivity contribution is -0.298. The number of hydrogen-bond donors (Lipinski definition) is 2. The van der Waals surface area contributed by atoms with Gasteiger partial charge in [0.2, 0.25) is 5.79 Å². The average Bonchev–Trinajstić information content (AvgIpc) is 3.10. The highest BCUT2D eigenvalue weighted by atomic mass is 79.9. The number of rotatable bonds is 16. The molecule has 0 spiro atoms. The lowest BCUT2D eigenvalue weighted by Gasteiger charge is -2.48. The molecule has 9 atom stereocenters. The molecule has 0 amide bonds. The third-order valence-corrected chi connectivity index (χ3v) is 10.5. The van der Waals surface area contributed by atoms with Gasteiger partial charge in [0, 0.05) is 31.3 Å². The normalized spacial score (nSPS) is 25.4. The number of hydrogen-bond acceptors (Lipinski definition) is 11. The van der Waals surface area contributed by atoms with Crippen LogP contribution in [-0.4, -0.2) is 98.3 Å². The molecule has 2 heterocycles. The minimum Gasteiger partial charge on any atom is -0.456 e. The molecule has 5 unspecified atom stereocenters. The summed E-state index contributed by atoms with van der Waals surface area (Å²) >= 11 is 3.48. The fraction of sp³-hybridized carbons (Fsp3) is 0.600. The van der Waals surface area contributed by atoms with E-state index in [2.05, 4.69) is 28.2 Å². The molecule has 2 aromatic rings. The van der Waals surface area contributed by atoms with E-state index in [1.165, 1.54) is 0 Å². The van der Waals surface area contributed by atoms with Gasteiger partial charge in [-0.25, -0.2) is 9.59 Å². The number of esters is 2. The molecule has 1 saturated heterocycles. The van der Waals surface area contributed by atoms with E-state index in [9.17, 15) is 14.7 Å². The third-order valence-electron chi connectivity index (χ3n) is 10.0. The molecule has 2 aliphatic rings. The van der Waals surface area contributed by atoms with Crippen molar-refractivity contribution in [1.82, 2.24) is 10.2 Å². The first-order chi connectivity index (χ1) is 24.5. The van der Waals surface area contributed by atoms with E-state index in [4.69, 9.17) is 28.4 Å². The van der Waals surface area contributed by atoms with Crippen LogP contribution in [-0.2, 0) is 33.2 Å². The molecule has 0 aromatic heterocycles. The van der Waals surface area contributed by atoms with Gasteiger partial charge in [-0.3, -0.25) is 0 Å². The minimum absolute atomic E-state index is 0.0314. The van der Waals surface area contributed by atoms with Crippen molar-refractivity contribution in [2.45, 2.75) is 109 Å². The number of benzene rings is 2. The Hall–Kier alpha value is -2.84. The molecular weight excluding hydrogens is 732 g/mol. The molecule has 12 heteroatoms. The zero-order chi connectivity index (χ0) is 38.4. The van der Waals surface area contributed by atoms with Gasteiger partial charge in [0.05, 0.1) is 47.6 Å². The summed E-state index contributed by atoms with van der Waals surface area (Å²) in [5.74, 6) is -2.22. The number of likely N-dealkylation sites (N-methyl/N-ethyl adjacent to an activating group) is 1. The van der Waals surface area contributed by atoms with Crippen LogP contribution in [0.15, 0.2) is 70.4 Å². The first-order valence-electron chi connectivity index (χ1n) is 18.0. The van der Waals surface area contributed by atoms with Crippen molar-refractivity contribution in [2.24, 2.45) is 11.8 Å². The summed E-state index contributed by atoms with van der Waals surface area (Å²) in [5.41, 5.74) is 0.765. The van der Waals surface area contributed by atoms with Crippen LogP contribution in [0.2, 0.25) is 0 Å². The molecule has 288 valence electrons. The maximum atomic E-state index is 13.5. The van der Waals surface area contributed by atoms with Crippen LogP contribution < -0.4 is 5.32 Å². The van der Waals surface area contributed by atoms with Crippen molar-refractivity contribution in [1.29, 1.82) is 0 Å². The Balaban J connectivity index is 1.69. The summed E-state index contributed by atoms with van der Waals surface area (Å²) in [4.78, 5) is 28.6. The Bertz CT molecular complexity index is 1520. The fourth-order valence-corrected chi connectivity index (χ4v) is 7.47. The van der Waals surface area contributed by atoms with Gasteiger partial charge < -0.3 is 43.7 Å². The standard InChI is InChI=1S/C40H57BrN2O9/c1-24(22-42-31(23-44)28-16-18-30(41)19-17-28)21-40(7,47-10)35(26(3)33-27(4)36(45)52-39(5,6)51-33)50-38-34(32(43(8)9)20-25(2)48-38)49-37(46)29-14-12-11-13-15-29/h11-19,24-26,31-32,34-35,38,42,44H,20-23H2,1-10H3/t24?,25-,26?,31?,32+,34-,35?,38+,40?/m1/s1. The van der Waals surface area contributed by atoms with Crippen molar-refractivity contribution in [3.63, 3.8) is 0 Å². The lowest BCUT2D eigenvalue weighted by atomic mass is 9.80. The van der Waals surface area contributed by atoms with Gasteiger partial charge in [0.25, 0.3) is 0 Å². The van der Waals surface area contributed by atoms with Crippen LogP contribution in [0.1, 0.15) is 83.3 Å². The van der Waals surface area contributed by atoms with Crippen LogP contribution in [0.4, 0.5) is 0 Å². The summed E-state index contributed by atoms with van der Waals surface area (Å²) in [6, 6.07) is 16.2. The number of nitrogens with zero attached hydrogens (tertiary/aromatic N) is 1. The van der Waals surface area contributed by atoms with Gasteiger partial charge in [0.15, 0.2) is 12.4 Å². The SMILES string of the molecule is COC(C)(CC(C)CNC(CO)c1ccc(Br)cc1)C(O[C@@H]1O[C@H](C)C[C@H](N(C)C)[C@H]1OC(=O)c1ccccc1)C(C)C1=C(C)C(=O)OC(C)(C)O1. The second-order valence-electron chi connectivity index (χ2n) is 15.1. The quantitative estimate of drug-likeness (QED) is 0.184. The molecule has 2 aromatic carbocycles. The minimum atomic E-state index is -1.20. The van der Waals surface area contributed by atoms with Crippen LogP contribution in [0.3, 0.4) is 0 Å². The van der Waals surface area contributed by atoms with E-state index in [0.717, 1.165) is 10.0 Å². The molecule has 11 nitrogen and oxygen atoms in total. The number of methoxy groups -OCH3 is 1. The fourth-order valence-electron chi connectivity index (χ4n) is 7.21. The highest BCUT2D eigenvalue weighted by Crippen LogP contribution is 2.41. The van der Waals surface area contributed by atoms with Crippen molar-refractivity contribution >= 4 is 27.9 Å². The molecular formula is C40H57BrN2O9. The predicted molar refractivity (Wildman–Crippen MR) is 201 cm³/mol. The second-order valence-corrected chi connectivity index (χ2v) is 16.0. The molecule has 1 fully saturated rings. The molecule has 0 aliphatic carbocycles. The molecule has 0 saturated carbocycles. The molecule has 0 bridgehead atoms. The largest absolute Gasteiger partial charge is 0.456 e. The van der Waals surface area contributed by atoms with Gasteiger partial charge in [0.1, 0.15) is 5.76 Å². The van der Waals surface area contributed by atoms with E-state index in [1.54, 1.807) is 52.1 Å². The number of aliphatic hydroxyl groups is 1. The number of halogens is 1. The number of cyclic esters (lactones) is 1. The van der Waals surface area contributed by atoms with Crippen molar-refractivity contribution in [3.05, 3.63) is 81.5 Å². The summed E-state index contributed by atoms with van der Waals surface area (Å²) in [6.45, 7) is 13.6. The second kappa shape index (κ2) is 18.0. The molecule has 2 aliphatic heterocycles. The van der Waals surface area contributed by atoms with Crippen molar-refractivity contribution in [3.8, 4) is 0 Å². The Labute approximate surface area is 317 Å². The smallest absolute Gasteiger partial charge is 0.340 e. The third kappa shape index (κ3) is 10.4. The first kappa shape index (κ1) is 41.9. The summed E-state index contributed by atoms with van der Waals surface area (Å²) < 4.78 is 39.0. The molecule has 0 radical (unpaired) electrons. The van der Waals surface area contributed by atoms with E-state index in [0.29, 0.717) is 36.3 Å². The van der Waals surface area contributed by atoms with Crippen LogP contribution >= 0.6 is 15.9 Å². The monoisotopic (exact) mass is 788 g/mol. The first-order valence-corrected chi connectivity index (χ1v) is 18.8. The van der Waals surface area contributed by atoms with Gasteiger partial charge in [-0.05, 0) is 90.0 Å². The molecule has 4 rings (SSSR count). The predicted octanol–water partition coefficient (Wildman–Crippen LogP) is 6.40. The van der Waals surface area contributed by atoms with Gasteiger partial charge in [-0.15, -0.1) is 0 Å². The Morgan fingerprint density at radius 2 is 1.77 bits per heavy atom. The zero-order valence-electron chi connectivity index (χ0n) is 32.2.